The van der Waals surface area contributed by atoms with Crippen molar-refractivity contribution in [3.63, 3.8) is 0 Å². The molecule has 2 aromatic rings. The van der Waals surface area contributed by atoms with Crippen LogP contribution in [0.25, 0.3) is 11.2 Å². The molecule has 0 spiro atoms. The Hall–Kier alpha value is -2.15. The predicted molar refractivity (Wildman–Crippen MR) is 69.1 cm³/mol. The van der Waals surface area contributed by atoms with E-state index in [0.29, 0.717) is 24.2 Å². The molecule has 0 radical (unpaired) electrons. The minimum absolute atomic E-state index is 0.174. The van der Waals surface area contributed by atoms with E-state index in [4.69, 9.17) is 10.3 Å². The third-order valence-electron chi connectivity index (χ3n) is 2.87. The van der Waals surface area contributed by atoms with E-state index in [1.807, 2.05) is 0 Å². The van der Waals surface area contributed by atoms with E-state index in [2.05, 4.69) is 10.4 Å². The Morgan fingerprint density at radius 1 is 1.42 bits per heavy atom. The molecule has 2 rings (SSSR count). The molecule has 7 heteroatoms. The Balaban J connectivity index is 1.90. The number of amides is 1. The van der Waals surface area contributed by atoms with Crippen LogP contribution in [0.5, 0.6) is 0 Å². The van der Waals surface area contributed by atoms with E-state index in [0.717, 1.165) is 19.3 Å². The van der Waals surface area contributed by atoms with Gasteiger partial charge in [0.1, 0.15) is 0 Å². The standard InChI is InChI=1S/C12H16N4O3/c13-15-10(17)6-2-1-3-8-16-11-9(19-12(16)18)5-4-7-14-11/h4-5,7H,1-3,6,8,13H2,(H,15,17). The summed E-state index contributed by atoms with van der Waals surface area (Å²) in [6.45, 7) is 0.535. The summed E-state index contributed by atoms with van der Waals surface area (Å²) in [6.07, 6.45) is 4.37. The molecule has 2 heterocycles. The molecule has 0 fully saturated rings. The number of hydrogen-bond acceptors (Lipinski definition) is 5. The van der Waals surface area contributed by atoms with Crippen molar-refractivity contribution in [2.24, 2.45) is 5.84 Å². The largest absolute Gasteiger partial charge is 0.421 e. The van der Waals surface area contributed by atoms with Gasteiger partial charge in [-0.2, -0.15) is 0 Å². The number of aromatic nitrogens is 2. The van der Waals surface area contributed by atoms with Gasteiger partial charge in [0.25, 0.3) is 0 Å². The van der Waals surface area contributed by atoms with Gasteiger partial charge in [0.15, 0.2) is 11.2 Å². The summed E-state index contributed by atoms with van der Waals surface area (Å²) < 4.78 is 6.59. The van der Waals surface area contributed by atoms with Gasteiger partial charge >= 0.3 is 5.76 Å². The normalized spacial score (nSPS) is 10.8. The minimum Gasteiger partial charge on any atom is -0.406 e. The zero-order valence-electron chi connectivity index (χ0n) is 10.5. The fourth-order valence-electron chi connectivity index (χ4n) is 1.90. The van der Waals surface area contributed by atoms with Crippen LogP contribution in [0.2, 0.25) is 0 Å². The van der Waals surface area contributed by atoms with E-state index in [1.165, 1.54) is 4.57 Å². The van der Waals surface area contributed by atoms with Crippen molar-refractivity contribution in [1.82, 2.24) is 15.0 Å². The van der Waals surface area contributed by atoms with E-state index >= 15 is 0 Å². The van der Waals surface area contributed by atoms with Crippen molar-refractivity contribution >= 4 is 17.1 Å². The molecule has 0 saturated carbocycles. The number of aryl methyl sites for hydroxylation is 1. The second kappa shape index (κ2) is 6.14. The van der Waals surface area contributed by atoms with Gasteiger partial charge in [-0.15, -0.1) is 0 Å². The maximum atomic E-state index is 11.6. The first-order valence-electron chi connectivity index (χ1n) is 6.16. The molecule has 7 nitrogen and oxygen atoms in total. The van der Waals surface area contributed by atoms with Gasteiger partial charge in [0.05, 0.1) is 0 Å². The van der Waals surface area contributed by atoms with Gasteiger partial charge in [-0.05, 0) is 25.0 Å². The molecule has 0 saturated heterocycles. The number of carbonyl (C=O) groups excluding carboxylic acids is 1. The molecular weight excluding hydrogens is 248 g/mol. The Morgan fingerprint density at radius 3 is 3.05 bits per heavy atom. The average molecular weight is 264 g/mol. The Labute approximate surface area is 109 Å². The van der Waals surface area contributed by atoms with E-state index in [9.17, 15) is 9.59 Å². The highest BCUT2D eigenvalue weighted by atomic mass is 16.4. The van der Waals surface area contributed by atoms with Crippen LogP contribution in [0.3, 0.4) is 0 Å². The fourth-order valence-corrected chi connectivity index (χ4v) is 1.90. The van der Waals surface area contributed by atoms with Crippen molar-refractivity contribution in [3.8, 4) is 0 Å². The predicted octanol–water partition coefficient (Wildman–Crippen LogP) is 0.540. The van der Waals surface area contributed by atoms with Gasteiger partial charge in [-0.3, -0.25) is 14.8 Å². The molecule has 0 unspecified atom stereocenters. The first kappa shape index (κ1) is 13.3. The molecule has 0 bridgehead atoms. The number of carbonyl (C=O) groups is 1. The van der Waals surface area contributed by atoms with Gasteiger partial charge < -0.3 is 4.42 Å². The lowest BCUT2D eigenvalue weighted by Crippen LogP contribution is -2.29. The lowest BCUT2D eigenvalue weighted by atomic mass is 10.2. The summed E-state index contributed by atoms with van der Waals surface area (Å²) in [7, 11) is 0. The third kappa shape index (κ3) is 3.19. The van der Waals surface area contributed by atoms with Crippen LogP contribution in [0, 0.1) is 0 Å². The summed E-state index contributed by atoms with van der Waals surface area (Å²) >= 11 is 0. The van der Waals surface area contributed by atoms with Crippen LogP contribution in [0.4, 0.5) is 0 Å². The van der Waals surface area contributed by atoms with Crippen LogP contribution in [-0.4, -0.2) is 15.5 Å². The number of nitrogens with two attached hydrogens (primary N) is 1. The van der Waals surface area contributed by atoms with E-state index in [-0.39, 0.29) is 5.91 Å². The van der Waals surface area contributed by atoms with Crippen molar-refractivity contribution < 1.29 is 9.21 Å². The molecule has 2 aromatic heterocycles. The Bertz CT molecular complexity index is 617. The van der Waals surface area contributed by atoms with Gasteiger partial charge in [-0.1, -0.05) is 6.42 Å². The second-order valence-corrected chi connectivity index (χ2v) is 4.22. The van der Waals surface area contributed by atoms with Gasteiger partial charge in [0, 0.05) is 19.2 Å². The maximum absolute atomic E-state index is 11.6. The summed E-state index contributed by atoms with van der Waals surface area (Å²) in [5.74, 6) is 4.41. The van der Waals surface area contributed by atoms with E-state index in [1.54, 1.807) is 18.3 Å². The van der Waals surface area contributed by atoms with Crippen molar-refractivity contribution in [2.45, 2.75) is 32.2 Å². The number of nitrogens with zero attached hydrogens (tertiary/aromatic N) is 2. The molecule has 0 aliphatic heterocycles. The fraction of sp³-hybridized carbons (Fsp3) is 0.417. The lowest BCUT2D eigenvalue weighted by Gasteiger charge is -2.02. The zero-order valence-corrected chi connectivity index (χ0v) is 10.5. The second-order valence-electron chi connectivity index (χ2n) is 4.22. The number of nitrogens with one attached hydrogen (secondary N) is 1. The lowest BCUT2D eigenvalue weighted by molar-refractivity contribution is -0.121. The van der Waals surface area contributed by atoms with Crippen molar-refractivity contribution in [3.05, 3.63) is 28.9 Å². The van der Waals surface area contributed by atoms with Crippen LogP contribution in [0.15, 0.2) is 27.5 Å². The van der Waals surface area contributed by atoms with Crippen LogP contribution < -0.4 is 17.0 Å². The van der Waals surface area contributed by atoms with Crippen LogP contribution in [-0.2, 0) is 11.3 Å². The summed E-state index contributed by atoms with van der Waals surface area (Å²) in [4.78, 5) is 26.7. The third-order valence-corrected chi connectivity index (χ3v) is 2.87. The van der Waals surface area contributed by atoms with Gasteiger partial charge in [0.2, 0.25) is 5.91 Å². The first-order chi connectivity index (χ1) is 9.22. The number of fused-ring (bicyclic) bond motifs is 1. The molecule has 3 N–H and O–H groups in total. The molecule has 0 atom stereocenters. The smallest absolute Gasteiger partial charge is 0.406 e. The SMILES string of the molecule is NNC(=O)CCCCCn1c(=O)oc2cccnc21. The number of unbranched alkanes of at least 4 members (excludes halogenated alkanes) is 2. The molecule has 0 aromatic carbocycles. The van der Waals surface area contributed by atoms with Crippen molar-refractivity contribution in [1.29, 1.82) is 0 Å². The molecule has 19 heavy (non-hydrogen) atoms. The molecule has 0 aliphatic carbocycles. The Kier molecular flexibility index (Phi) is 4.30. The number of rotatable bonds is 6. The number of hydrazine groups is 1. The highest BCUT2D eigenvalue weighted by Crippen LogP contribution is 2.10. The molecule has 0 aliphatic rings. The highest BCUT2D eigenvalue weighted by Gasteiger charge is 2.09. The van der Waals surface area contributed by atoms with E-state index < -0.39 is 5.76 Å². The summed E-state index contributed by atoms with van der Waals surface area (Å²) in [5, 5.41) is 0. The monoisotopic (exact) mass is 264 g/mol. The quantitative estimate of drug-likeness (QED) is 0.343. The first-order valence-corrected chi connectivity index (χ1v) is 6.16. The minimum atomic E-state index is -0.395. The summed E-state index contributed by atoms with van der Waals surface area (Å²) in [6, 6.07) is 3.44. The maximum Gasteiger partial charge on any atom is 0.421 e. The topological polar surface area (TPSA) is 103 Å². The molecule has 102 valence electrons. The van der Waals surface area contributed by atoms with Crippen LogP contribution in [0.1, 0.15) is 25.7 Å². The molecule has 1 amide bonds. The number of hydrogen-bond donors (Lipinski definition) is 2. The number of pyridine rings is 1. The molecular formula is C12H16N4O3. The highest BCUT2D eigenvalue weighted by molar-refractivity contribution is 5.75. The summed E-state index contributed by atoms with van der Waals surface area (Å²) in [5.41, 5.74) is 3.14. The Morgan fingerprint density at radius 2 is 2.26 bits per heavy atom. The van der Waals surface area contributed by atoms with Crippen molar-refractivity contribution in [2.75, 3.05) is 0 Å². The van der Waals surface area contributed by atoms with Gasteiger partial charge in [-0.25, -0.2) is 15.6 Å². The zero-order chi connectivity index (χ0) is 13.7. The average Bonchev–Trinajstić information content (AvgIpc) is 2.74. The van der Waals surface area contributed by atoms with Crippen LogP contribution >= 0.6 is 0 Å². The number of oxazole rings is 1.